The highest BCUT2D eigenvalue weighted by Crippen LogP contribution is 2.37. The van der Waals surface area contributed by atoms with Gasteiger partial charge in [0.05, 0.1) is 12.7 Å². The first-order chi connectivity index (χ1) is 15.0. The van der Waals surface area contributed by atoms with Crippen molar-refractivity contribution < 1.29 is 14.3 Å². The van der Waals surface area contributed by atoms with Gasteiger partial charge in [0.15, 0.2) is 0 Å². The number of imide groups is 1. The average molecular weight is 420 g/mol. The molecule has 2 amide bonds. The predicted octanol–water partition coefficient (Wildman–Crippen LogP) is 3.25. The van der Waals surface area contributed by atoms with Gasteiger partial charge in [-0.05, 0) is 24.1 Å². The molecule has 1 saturated heterocycles. The Bertz CT molecular complexity index is 992. The van der Waals surface area contributed by atoms with Gasteiger partial charge in [-0.25, -0.2) is 0 Å². The van der Waals surface area contributed by atoms with E-state index in [1.54, 1.807) is 7.11 Å². The Kier molecular flexibility index (Phi) is 5.98. The van der Waals surface area contributed by atoms with Crippen LogP contribution in [0.15, 0.2) is 60.3 Å². The summed E-state index contributed by atoms with van der Waals surface area (Å²) in [6.45, 7) is 7.37. The number of methoxy groups -OCH3 is 1. The number of piperazine rings is 1. The number of anilines is 1. The van der Waals surface area contributed by atoms with Crippen LogP contribution >= 0.6 is 0 Å². The maximum atomic E-state index is 13.4. The first-order valence-electron chi connectivity index (χ1n) is 10.8. The van der Waals surface area contributed by atoms with E-state index in [4.69, 9.17) is 4.74 Å². The van der Waals surface area contributed by atoms with Crippen molar-refractivity contribution >= 4 is 23.1 Å². The van der Waals surface area contributed by atoms with Crippen LogP contribution in [-0.2, 0) is 9.59 Å². The molecule has 0 unspecified atom stereocenters. The summed E-state index contributed by atoms with van der Waals surface area (Å²) in [5.74, 6) is 0.364. The zero-order chi connectivity index (χ0) is 22.0. The second kappa shape index (κ2) is 8.84. The van der Waals surface area contributed by atoms with E-state index in [0.29, 0.717) is 42.2 Å². The van der Waals surface area contributed by atoms with Gasteiger partial charge in [-0.2, -0.15) is 0 Å². The number of rotatable bonds is 6. The number of hydrogen-bond acceptors (Lipinski definition) is 5. The molecule has 6 nitrogen and oxygen atoms in total. The van der Waals surface area contributed by atoms with Crippen molar-refractivity contribution in [2.24, 2.45) is 5.92 Å². The molecule has 31 heavy (non-hydrogen) atoms. The van der Waals surface area contributed by atoms with E-state index < -0.39 is 0 Å². The first-order valence-corrected chi connectivity index (χ1v) is 10.8. The van der Waals surface area contributed by atoms with Crippen molar-refractivity contribution in [3.05, 3.63) is 65.9 Å². The summed E-state index contributed by atoms with van der Waals surface area (Å²) in [5.41, 5.74) is 2.81. The summed E-state index contributed by atoms with van der Waals surface area (Å²) in [6.07, 6.45) is 0. The molecule has 0 N–H and O–H groups in total. The van der Waals surface area contributed by atoms with Crippen LogP contribution in [0, 0.1) is 5.92 Å². The second-order valence-corrected chi connectivity index (χ2v) is 8.35. The van der Waals surface area contributed by atoms with Gasteiger partial charge in [-0.3, -0.25) is 14.5 Å². The lowest BCUT2D eigenvalue weighted by molar-refractivity contribution is -0.138. The summed E-state index contributed by atoms with van der Waals surface area (Å²) in [7, 11) is 1.59. The quantitative estimate of drug-likeness (QED) is 0.673. The zero-order valence-electron chi connectivity index (χ0n) is 18.4. The highest BCUT2D eigenvalue weighted by molar-refractivity contribution is 6.36. The van der Waals surface area contributed by atoms with Crippen LogP contribution < -0.4 is 9.64 Å². The average Bonchev–Trinajstić information content (AvgIpc) is 3.04. The van der Waals surface area contributed by atoms with Crippen LogP contribution in [0.3, 0.4) is 0 Å². The molecule has 0 bridgehead atoms. The number of amides is 2. The summed E-state index contributed by atoms with van der Waals surface area (Å²) >= 11 is 0. The van der Waals surface area contributed by atoms with E-state index in [1.165, 1.54) is 10.6 Å². The normalized spacial score (nSPS) is 17.2. The summed E-state index contributed by atoms with van der Waals surface area (Å²) < 4.78 is 5.53. The Morgan fingerprint density at radius 3 is 2.10 bits per heavy atom. The Hall–Kier alpha value is -3.28. The lowest BCUT2D eigenvalue weighted by atomic mass is 10.0. The van der Waals surface area contributed by atoms with E-state index in [-0.39, 0.29) is 17.7 Å². The Morgan fingerprint density at radius 2 is 1.45 bits per heavy atom. The topological polar surface area (TPSA) is 53.1 Å². The minimum atomic E-state index is -0.233. The van der Waals surface area contributed by atoms with E-state index in [1.807, 2.05) is 56.3 Å². The number of ether oxygens (including phenoxy) is 1. The lowest BCUT2D eigenvalue weighted by Gasteiger charge is -2.37. The van der Waals surface area contributed by atoms with Crippen molar-refractivity contribution in [2.75, 3.05) is 44.7 Å². The van der Waals surface area contributed by atoms with Crippen molar-refractivity contribution in [1.29, 1.82) is 0 Å². The molecule has 0 aromatic heterocycles. The van der Waals surface area contributed by atoms with Gasteiger partial charge in [0.2, 0.25) is 0 Å². The molecule has 2 aliphatic rings. The molecule has 0 spiro atoms. The van der Waals surface area contributed by atoms with Crippen LogP contribution in [0.5, 0.6) is 5.75 Å². The number of carbonyl (C=O) groups is 2. The number of carbonyl (C=O) groups excluding carboxylic acids is 2. The molecule has 162 valence electrons. The van der Waals surface area contributed by atoms with Gasteiger partial charge < -0.3 is 14.5 Å². The molecule has 2 aliphatic heterocycles. The molecule has 2 heterocycles. The third-order valence-electron chi connectivity index (χ3n) is 5.78. The van der Waals surface area contributed by atoms with Gasteiger partial charge in [0.25, 0.3) is 11.8 Å². The van der Waals surface area contributed by atoms with Crippen LogP contribution in [0.2, 0.25) is 0 Å². The van der Waals surface area contributed by atoms with Crippen LogP contribution in [0.1, 0.15) is 19.4 Å². The van der Waals surface area contributed by atoms with Gasteiger partial charge in [0, 0.05) is 44.0 Å². The number of para-hydroxylation sites is 2. The first kappa shape index (κ1) is 21.0. The maximum Gasteiger partial charge on any atom is 0.277 e. The Morgan fingerprint density at radius 1 is 0.839 bits per heavy atom. The largest absolute Gasteiger partial charge is 0.496 e. The Labute approximate surface area is 183 Å². The number of hydrogen-bond donors (Lipinski definition) is 0. The molecule has 0 radical (unpaired) electrons. The van der Waals surface area contributed by atoms with Crippen LogP contribution in [-0.4, -0.2) is 61.4 Å². The molecular weight excluding hydrogens is 390 g/mol. The fourth-order valence-corrected chi connectivity index (χ4v) is 4.31. The van der Waals surface area contributed by atoms with Gasteiger partial charge in [-0.15, -0.1) is 0 Å². The minimum Gasteiger partial charge on any atom is -0.496 e. The number of nitrogens with zero attached hydrogens (tertiary/aromatic N) is 3. The van der Waals surface area contributed by atoms with Gasteiger partial charge >= 0.3 is 0 Å². The van der Waals surface area contributed by atoms with Crippen molar-refractivity contribution in [2.45, 2.75) is 13.8 Å². The summed E-state index contributed by atoms with van der Waals surface area (Å²) in [5, 5.41) is 0. The lowest BCUT2D eigenvalue weighted by Crippen LogP contribution is -2.47. The molecule has 0 atom stereocenters. The maximum absolute atomic E-state index is 13.4. The van der Waals surface area contributed by atoms with Gasteiger partial charge in [0.1, 0.15) is 11.4 Å². The third kappa shape index (κ3) is 4.02. The van der Waals surface area contributed by atoms with E-state index in [0.717, 1.165) is 13.1 Å². The molecule has 1 fully saturated rings. The molecule has 2 aromatic rings. The smallest absolute Gasteiger partial charge is 0.277 e. The van der Waals surface area contributed by atoms with Crippen molar-refractivity contribution in [3.63, 3.8) is 0 Å². The van der Waals surface area contributed by atoms with E-state index in [2.05, 4.69) is 21.9 Å². The minimum absolute atomic E-state index is 0.195. The summed E-state index contributed by atoms with van der Waals surface area (Å²) in [6, 6.07) is 17.7. The van der Waals surface area contributed by atoms with Crippen molar-refractivity contribution in [3.8, 4) is 5.75 Å². The highest BCUT2D eigenvalue weighted by atomic mass is 16.5. The summed E-state index contributed by atoms with van der Waals surface area (Å²) in [4.78, 5) is 32.6. The SMILES string of the molecule is COc1ccccc1C1=C(N2CCN(c3ccccc3)CC2)C(=O)N(CC(C)C)C1=O. The van der Waals surface area contributed by atoms with E-state index in [9.17, 15) is 9.59 Å². The highest BCUT2D eigenvalue weighted by Gasteiger charge is 2.43. The standard InChI is InChI=1S/C25H29N3O3/c1-18(2)17-28-24(29)22(20-11-7-8-12-21(20)31-3)23(25(28)30)27-15-13-26(14-16-27)19-9-5-4-6-10-19/h4-12,18H,13-17H2,1-3H3. The molecular formula is C25H29N3O3. The molecule has 0 aliphatic carbocycles. The Balaban J connectivity index is 1.68. The van der Waals surface area contributed by atoms with Gasteiger partial charge in [-0.1, -0.05) is 50.2 Å². The van der Waals surface area contributed by atoms with Crippen LogP contribution in [0.4, 0.5) is 5.69 Å². The molecule has 4 rings (SSSR count). The zero-order valence-corrected chi connectivity index (χ0v) is 18.4. The van der Waals surface area contributed by atoms with Crippen LogP contribution in [0.25, 0.3) is 5.57 Å². The number of benzene rings is 2. The fourth-order valence-electron chi connectivity index (χ4n) is 4.31. The molecule has 6 heteroatoms. The van der Waals surface area contributed by atoms with E-state index >= 15 is 0 Å². The fraction of sp³-hybridized carbons (Fsp3) is 0.360. The molecule has 0 saturated carbocycles. The molecule has 2 aromatic carbocycles. The monoisotopic (exact) mass is 419 g/mol. The second-order valence-electron chi connectivity index (χ2n) is 8.35. The van der Waals surface area contributed by atoms with Crippen molar-refractivity contribution in [1.82, 2.24) is 9.80 Å². The third-order valence-corrected chi connectivity index (χ3v) is 5.78. The predicted molar refractivity (Wildman–Crippen MR) is 122 cm³/mol.